The molecule has 1 aliphatic heterocycles. The Morgan fingerprint density at radius 2 is 2.15 bits per heavy atom. The van der Waals surface area contributed by atoms with Gasteiger partial charge in [0.05, 0.1) is 0 Å². The zero-order chi connectivity index (χ0) is 9.10. The maximum Gasteiger partial charge on any atom is 0.00991 e. The number of rotatable bonds is 6. The normalized spacial score (nSPS) is 33.0. The Labute approximate surface area is 81.5 Å². The number of hydrogen-bond donors (Lipinski definition) is 2. The Balaban J connectivity index is 1.45. The van der Waals surface area contributed by atoms with Crippen LogP contribution < -0.4 is 10.6 Å². The summed E-state index contributed by atoms with van der Waals surface area (Å²) in [6.07, 6.45) is 5.61. The lowest BCUT2D eigenvalue weighted by atomic mass is 10.00. The SMILES string of the molecule is CCCC1CC1NCCC1CNC1. The highest BCUT2D eigenvalue weighted by molar-refractivity contribution is 4.92. The van der Waals surface area contributed by atoms with Gasteiger partial charge in [0, 0.05) is 6.04 Å². The summed E-state index contributed by atoms with van der Waals surface area (Å²) in [5.41, 5.74) is 0. The molecule has 0 bridgehead atoms. The molecule has 2 rings (SSSR count). The fraction of sp³-hybridized carbons (Fsp3) is 1.00. The number of hydrogen-bond acceptors (Lipinski definition) is 2. The fourth-order valence-corrected chi connectivity index (χ4v) is 2.21. The lowest BCUT2D eigenvalue weighted by Crippen LogP contribution is -2.43. The molecule has 1 saturated carbocycles. The molecule has 0 aromatic heterocycles. The van der Waals surface area contributed by atoms with Gasteiger partial charge in [0.15, 0.2) is 0 Å². The third-order valence-electron chi connectivity index (χ3n) is 3.41. The van der Waals surface area contributed by atoms with Crippen LogP contribution in [0, 0.1) is 11.8 Å². The lowest BCUT2D eigenvalue weighted by molar-refractivity contribution is 0.321. The van der Waals surface area contributed by atoms with Crippen molar-refractivity contribution in [1.29, 1.82) is 0 Å². The van der Waals surface area contributed by atoms with Gasteiger partial charge in [-0.25, -0.2) is 0 Å². The van der Waals surface area contributed by atoms with Crippen LogP contribution in [0.4, 0.5) is 0 Å². The third-order valence-corrected chi connectivity index (χ3v) is 3.41. The summed E-state index contributed by atoms with van der Waals surface area (Å²) in [7, 11) is 0. The van der Waals surface area contributed by atoms with E-state index >= 15 is 0 Å². The Morgan fingerprint density at radius 3 is 2.77 bits per heavy atom. The molecule has 0 aromatic rings. The fourth-order valence-electron chi connectivity index (χ4n) is 2.21. The highest BCUT2D eigenvalue weighted by Crippen LogP contribution is 2.34. The minimum Gasteiger partial charge on any atom is -0.316 e. The van der Waals surface area contributed by atoms with Gasteiger partial charge in [0.1, 0.15) is 0 Å². The monoisotopic (exact) mass is 182 g/mol. The molecule has 0 amide bonds. The van der Waals surface area contributed by atoms with Crippen molar-refractivity contribution in [3.63, 3.8) is 0 Å². The van der Waals surface area contributed by atoms with E-state index in [1.54, 1.807) is 0 Å². The van der Waals surface area contributed by atoms with E-state index in [2.05, 4.69) is 17.6 Å². The summed E-state index contributed by atoms with van der Waals surface area (Å²) in [5, 5.41) is 6.98. The molecular formula is C11H22N2. The van der Waals surface area contributed by atoms with Gasteiger partial charge in [0.25, 0.3) is 0 Å². The van der Waals surface area contributed by atoms with E-state index in [1.807, 2.05) is 0 Å². The maximum absolute atomic E-state index is 3.66. The first-order chi connectivity index (χ1) is 6.40. The zero-order valence-electron chi connectivity index (χ0n) is 8.68. The number of nitrogens with one attached hydrogen (secondary N) is 2. The molecule has 0 radical (unpaired) electrons. The van der Waals surface area contributed by atoms with E-state index in [1.165, 1.54) is 45.3 Å². The Hall–Kier alpha value is -0.0800. The molecule has 13 heavy (non-hydrogen) atoms. The van der Waals surface area contributed by atoms with Crippen molar-refractivity contribution >= 4 is 0 Å². The second-order valence-corrected chi connectivity index (χ2v) is 4.66. The van der Waals surface area contributed by atoms with Gasteiger partial charge in [-0.1, -0.05) is 13.3 Å². The summed E-state index contributed by atoms with van der Waals surface area (Å²) >= 11 is 0. The molecule has 1 heterocycles. The Kier molecular flexibility index (Phi) is 3.23. The van der Waals surface area contributed by atoms with Crippen molar-refractivity contribution in [3.8, 4) is 0 Å². The van der Waals surface area contributed by atoms with Gasteiger partial charge in [0.2, 0.25) is 0 Å². The van der Waals surface area contributed by atoms with E-state index in [4.69, 9.17) is 0 Å². The van der Waals surface area contributed by atoms with E-state index in [-0.39, 0.29) is 0 Å². The van der Waals surface area contributed by atoms with Gasteiger partial charge in [-0.05, 0) is 50.7 Å². The lowest BCUT2D eigenvalue weighted by Gasteiger charge is -2.27. The van der Waals surface area contributed by atoms with Crippen molar-refractivity contribution in [3.05, 3.63) is 0 Å². The van der Waals surface area contributed by atoms with Crippen LogP contribution in [0.15, 0.2) is 0 Å². The first kappa shape index (κ1) is 9.47. The first-order valence-electron chi connectivity index (χ1n) is 5.84. The molecule has 0 aromatic carbocycles. The van der Waals surface area contributed by atoms with Crippen LogP contribution in [-0.2, 0) is 0 Å². The first-order valence-corrected chi connectivity index (χ1v) is 5.84. The van der Waals surface area contributed by atoms with Gasteiger partial charge in [-0.2, -0.15) is 0 Å². The predicted octanol–water partition coefficient (Wildman–Crippen LogP) is 1.37. The van der Waals surface area contributed by atoms with Crippen molar-refractivity contribution in [1.82, 2.24) is 10.6 Å². The van der Waals surface area contributed by atoms with Crippen LogP contribution in [0.5, 0.6) is 0 Å². The Morgan fingerprint density at radius 1 is 1.31 bits per heavy atom. The average molecular weight is 182 g/mol. The summed E-state index contributed by atoms with van der Waals surface area (Å²) in [6.45, 7) is 6.04. The second-order valence-electron chi connectivity index (χ2n) is 4.66. The highest BCUT2D eigenvalue weighted by atomic mass is 15.0. The van der Waals surface area contributed by atoms with Crippen LogP contribution in [0.3, 0.4) is 0 Å². The van der Waals surface area contributed by atoms with Gasteiger partial charge >= 0.3 is 0 Å². The Bertz CT molecular complexity index is 154. The largest absolute Gasteiger partial charge is 0.316 e. The summed E-state index contributed by atoms with van der Waals surface area (Å²) in [6, 6.07) is 0.882. The van der Waals surface area contributed by atoms with Crippen molar-refractivity contribution in [2.75, 3.05) is 19.6 Å². The molecule has 2 nitrogen and oxygen atoms in total. The topological polar surface area (TPSA) is 24.1 Å². The molecular weight excluding hydrogens is 160 g/mol. The second kappa shape index (κ2) is 4.43. The quantitative estimate of drug-likeness (QED) is 0.648. The van der Waals surface area contributed by atoms with Crippen LogP contribution >= 0.6 is 0 Å². The van der Waals surface area contributed by atoms with Gasteiger partial charge < -0.3 is 10.6 Å². The van der Waals surface area contributed by atoms with Crippen molar-refractivity contribution in [2.24, 2.45) is 11.8 Å². The molecule has 2 unspecified atom stereocenters. The third kappa shape index (κ3) is 2.68. The van der Waals surface area contributed by atoms with Gasteiger partial charge in [-0.15, -0.1) is 0 Å². The molecule has 2 N–H and O–H groups in total. The molecule has 2 atom stereocenters. The molecule has 2 fully saturated rings. The van der Waals surface area contributed by atoms with Crippen LogP contribution in [0.25, 0.3) is 0 Å². The summed E-state index contributed by atoms with van der Waals surface area (Å²) in [5.74, 6) is 1.99. The standard InChI is InChI=1S/C11H22N2/c1-2-3-10-6-11(10)13-5-4-9-7-12-8-9/h9-13H,2-8H2,1H3. The van der Waals surface area contributed by atoms with E-state index in [9.17, 15) is 0 Å². The van der Waals surface area contributed by atoms with Crippen molar-refractivity contribution in [2.45, 2.75) is 38.6 Å². The highest BCUT2D eigenvalue weighted by Gasteiger charge is 2.35. The molecule has 2 aliphatic rings. The predicted molar refractivity (Wildman–Crippen MR) is 55.8 cm³/mol. The van der Waals surface area contributed by atoms with E-state index in [0.29, 0.717) is 0 Å². The molecule has 1 aliphatic carbocycles. The van der Waals surface area contributed by atoms with E-state index < -0.39 is 0 Å². The zero-order valence-corrected chi connectivity index (χ0v) is 8.68. The summed E-state index contributed by atoms with van der Waals surface area (Å²) in [4.78, 5) is 0. The maximum atomic E-state index is 3.66. The molecule has 2 heteroatoms. The van der Waals surface area contributed by atoms with Crippen LogP contribution in [-0.4, -0.2) is 25.7 Å². The molecule has 0 spiro atoms. The average Bonchev–Trinajstić information content (AvgIpc) is 2.75. The van der Waals surface area contributed by atoms with Crippen molar-refractivity contribution < 1.29 is 0 Å². The molecule has 76 valence electrons. The van der Waals surface area contributed by atoms with E-state index in [0.717, 1.165) is 17.9 Å². The van der Waals surface area contributed by atoms with Gasteiger partial charge in [-0.3, -0.25) is 0 Å². The van der Waals surface area contributed by atoms with Crippen LogP contribution in [0.2, 0.25) is 0 Å². The smallest absolute Gasteiger partial charge is 0.00991 e. The van der Waals surface area contributed by atoms with Crippen LogP contribution in [0.1, 0.15) is 32.6 Å². The molecule has 1 saturated heterocycles. The minimum absolute atomic E-state index is 0.882. The minimum atomic E-state index is 0.882. The summed E-state index contributed by atoms with van der Waals surface area (Å²) < 4.78 is 0.